The zero-order valence-corrected chi connectivity index (χ0v) is 18.7. The van der Waals surface area contributed by atoms with E-state index in [2.05, 4.69) is 25.1 Å². The summed E-state index contributed by atoms with van der Waals surface area (Å²) in [6.07, 6.45) is 3.19. The van der Waals surface area contributed by atoms with Crippen LogP contribution in [-0.4, -0.2) is 56.5 Å². The lowest BCUT2D eigenvalue weighted by atomic mass is 10.2. The second kappa shape index (κ2) is 8.93. The van der Waals surface area contributed by atoms with Gasteiger partial charge in [-0.05, 0) is 25.1 Å². The van der Waals surface area contributed by atoms with Crippen LogP contribution in [0.2, 0.25) is 10.0 Å². The summed E-state index contributed by atoms with van der Waals surface area (Å²) in [5.74, 6) is -0.261. The summed E-state index contributed by atoms with van der Waals surface area (Å²) in [6, 6.07) is 5.03. The molecule has 4 rings (SSSR count). The Bertz CT molecular complexity index is 1310. The van der Waals surface area contributed by atoms with Crippen molar-refractivity contribution in [3.63, 3.8) is 0 Å². The summed E-state index contributed by atoms with van der Waals surface area (Å²) in [5, 5.41) is 8.52. The standard InChI is InChI=1S/C20H16Cl2N6O4/c1-4-32-20(29)17-27-26-16(10-6-5-7-23-9-10)28(17)15-13(22)11(21)8-12-14(15)25-19(31-3)18(24-12)30-2/h5-9H,4H2,1-3H3. The zero-order valence-electron chi connectivity index (χ0n) is 17.2. The molecule has 0 spiro atoms. The van der Waals surface area contributed by atoms with Gasteiger partial charge in [-0.15, -0.1) is 10.2 Å². The molecule has 0 bridgehead atoms. The third-order valence-corrected chi connectivity index (χ3v) is 5.19. The smallest absolute Gasteiger partial charge is 0.376 e. The molecule has 0 atom stereocenters. The number of carbonyl (C=O) groups is 1. The topological polar surface area (TPSA) is 114 Å². The molecule has 4 aromatic rings. The predicted molar refractivity (Wildman–Crippen MR) is 117 cm³/mol. The highest BCUT2D eigenvalue weighted by molar-refractivity contribution is 6.44. The largest absolute Gasteiger partial charge is 0.477 e. The molecule has 0 amide bonds. The van der Waals surface area contributed by atoms with Crippen molar-refractivity contribution in [2.75, 3.05) is 20.8 Å². The van der Waals surface area contributed by atoms with E-state index in [1.165, 1.54) is 24.9 Å². The maximum atomic E-state index is 12.7. The van der Waals surface area contributed by atoms with Crippen molar-refractivity contribution in [3.05, 3.63) is 46.5 Å². The minimum absolute atomic E-state index is 0.108. The van der Waals surface area contributed by atoms with E-state index in [1.807, 2.05) is 0 Å². The van der Waals surface area contributed by atoms with Crippen molar-refractivity contribution in [2.24, 2.45) is 0 Å². The van der Waals surface area contributed by atoms with Gasteiger partial charge in [0, 0.05) is 18.0 Å². The second-order valence-corrected chi connectivity index (χ2v) is 7.06. The van der Waals surface area contributed by atoms with Crippen molar-refractivity contribution in [1.82, 2.24) is 29.7 Å². The van der Waals surface area contributed by atoms with E-state index in [9.17, 15) is 4.79 Å². The van der Waals surface area contributed by atoms with Crippen molar-refractivity contribution < 1.29 is 19.0 Å². The molecular formula is C20H16Cl2N6O4. The van der Waals surface area contributed by atoms with Crippen LogP contribution in [0.1, 0.15) is 17.5 Å². The van der Waals surface area contributed by atoms with E-state index < -0.39 is 5.97 Å². The molecule has 12 heteroatoms. The van der Waals surface area contributed by atoms with Crippen molar-refractivity contribution in [1.29, 1.82) is 0 Å². The number of esters is 1. The number of aromatic nitrogens is 6. The number of pyridine rings is 1. The maximum Gasteiger partial charge on any atom is 0.376 e. The molecule has 0 unspecified atom stereocenters. The van der Waals surface area contributed by atoms with E-state index in [-0.39, 0.29) is 51.3 Å². The molecular weight excluding hydrogens is 459 g/mol. The molecule has 10 nitrogen and oxygen atoms in total. The van der Waals surface area contributed by atoms with Crippen LogP contribution in [-0.2, 0) is 4.74 Å². The number of nitrogens with zero attached hydrogens (tertiary/aromatic N) is 6. The van der Waals surface area contributed by atoms with Crippen LogP contribution >= 0.6 is 23.2 Å². The van der Waals surface area contributed by atoms with Gasteiger partial charge in [-0.25, -0.2) is 14.8 Å². The van der Waals surface area contributed by atoms with Crippen LogP contribution in [0.15, 0.2) is 30.6 Å². The molecule has 0 radical (unpaired) electrons. The molecule has 3 heterocycles. The number of fused-ring (bicyclic) bond motifs is 1. The number of benzene rings is 1. The van der Waals surface area contributed by atoms with Gasteiger partial charge < -0.3 is 14.2 Å². The van der Waals surface area contributed by atoms with Crippen molar-refractivity contribution in [3.8, 4) is 28.8 Å². The van der Waals surface area contributed by atoms with Crippen LogP contribution in [0, 0.1) is 0 Å². The summed E-state index contributed by atoms with van der Waals surface area (Å²) in [4.78, 5) is 25.8. The molecule has 0 fully saturated rings. The number of rotatable bonds is 6. The average Bonchev–Trinajstić information content (AvgIpc) is 3.24. The first-order chi connectivity index (χ1) is 15.5. The van der Waals surface area contributed by atoms with Gasteiger partial charge in [-0.3, -0.25) is 9.55 Å². The van der Waals surface area contributed by atoms with Crippen molar-refractivity contribution >= 4 is 40.2 Å². The Labute approximate surface area is 192 Å². The summed E-state index contributed by atoms with van der Waals surface area (Å²) < 4.78 is 17.1. The average molecular weight is 475 g/mol. The number of ether oxygens (including phenoxy) is 3. The van der Waals surface area contributed by atoms with E-state index in [0.29, 0.717) is 11.1 Å². The quantitative estimate of drug-likeness (QED) is 0.385. The van der Waals surface area contributed by atoms with Gasteiger partial charge in [0.2, 0.25) is 5.82 Å². The fourth-order valence-electron chi connectivity index (χ4n) is 3.07. The van der Waals surface area contributed by atoms with Crippen LogP contribution in [0.25, 0.3) is 28.1 Å². The highest BCUT2D eigenvalue weighted by Crippen LogP contribution is 2.39. The van der Waals surface area contributed by atoms with Crippen LogP contribution in [0.4, 0.5) is 0 Å². The predicted octanol–water partition coefficient (Wildman–Crippen LogP) is 3.77. The van der Waals surface area contributed by atoms with Gasteiger partial charge in [0.15, 0.2) is 5.82 Å². The van der Waals surface area contributed by atoms with Gasteiger partial charge in [0.25, 0.3) is 11.8 Å². The third kappa shape index (κ3) is 3.67. The Morgan fingerprint density at radius 1 is 1.12 bits per heavy atom. The molecule has 1 aromatic carbocycles. The first-order valence-electron chi connectivity index (χ1n) is 9.31. The summed E-state index contributed by atoms with van der Waals surface area (Å²) in [5.41, 5.74) is 1.45. The highest BCUT2D eigenvalue weighted by Gasteiger charge is 2.28. The molecule has 3 aromatic heterocycles. The molecule has 164 valence electrons. The third-order valence-electron chi connectivity index (χ3n) is 4.42. The molecule has 0 aliphatic rings. The summed E-state index contributed by atoms with van der Waals surface area (Å²) in [6.45, 7) is 1.83. The zero-order chi connectivity index (χ0) is 22.8. The molecule has 32 heavy (non-hydrogen) atoms. The highest BCUT2D eigenvalue weighted by atomic mass is 35.5. The van der Waals surface area contributed by atoms with Crippen LogP contribution < -0.4 is 9.47 Å². The second-order valence-electron chi connectivity index (χ2n) is 6.28. The first-order valence-corrected chi connectivity index (χ1v) is 10.1. The molecule has 0 saturated heterocycles. The lowest BCUT2D eigenvalue weighted by Crippen LogP contribution is -2.14. The van der Waals surface area contributed by atoms with Gasteiger partial charge in [-0.2, -0.15) is 0 Å². The molecule has 0 aliphatic heterocycles. The van der Waals surface area contributed by atoms with Crippen LogP contribution in [0.5, 0.6) is 11.8 Å². The fraction of sp³-hybridized carbons (Fsp3) is 0.200. The summed E-state index contributed by atoms with van der Waals surface area (Å²) >= 11 is 13.0. The number of hydrogen-bond donors (Lipinski definition) is 0. The van der Waals surface area contributed by atoms with Gasteiger partial charge in [-0.1, -0.05) is 23.2 Å². The molecule has 0 aliphatic carbocycles. The summed E-state index contributed by atoms with van der Waals surface area (Å²) in [7, 11) is 2.87. The number of methoxy groups -OCH3 is 2. The Hall–Kier alpha value is -3.50. The first kappa shape index (κ1) is 21.7. The van der Waals surface area contributed by atoms with Gasteiger partial charge >= 0.3 is 5.97 Å². The fourth-order valence-corrected chi connectivity index (χ4v) is 3.49. The lowest BCUT2D eigenvalue weighted by molar-refractivity contribution is 0.0509. The minimum Gasteiger partial charge on any atom is -0.477 e. The van der Waals surface area contributed by atoms with Gasteiger partial charge in [0.05, 0.1) is 42.1 Å². The van der Waals surface area contributed by atoms with E-state index >= 15 is 0 Å². The Morgan fingerprint density at radius 2 is 1.88 bits per heavy atom. The van der Waals surface area contributed by atoms with Gasteiger partial charge in [0.1, 0.15) is 5.52 Å². The molecule has 0 N–H and O–H groups in total. The van der Waals surface area contributed by atoms with Crippen molar-refractivity contribution in [2.45, 2.75) is 6.92 Å². The normalized spacial score (nSPS) is 10.9. The van der Waals surface area contributed by atoms with E-state index in [4.69, 9.17) is 37.4 Å². The minimum atomic E-state index is -0.701. The number of hydrogen-bond acceptors (Lipinski definition) is 9. The van der Waals surface area contributed by atoms with Crippen LogP contribution in [0.3, 0.4) is 0 Å². The number of halogens is 2. The van der Waals surface area contributed by atoms with E-state index in [0.717, 1.165) is 0 Å². The Balaban J connectivity index is 2.12. The molecule has 0 saturated carbocycles. The number of carbonyl (C=O) groups excluding carboxylic acids is 1. The monoisotopic (exact) mass is 474 g/mol. The van der Waals surface area contributed by atoms with E-state index in [1.54, 1.807) is 31.5 Å². The lowest BCUT2D eigenvalue weighted by Gasteiger charge is -2.16. The SMILES string of the molecule is CCOC(=O)c1nnc(-c2cccnc2)n1-c1c(Cl)c(Cl)cc2nc(OC)c(OC)nc12. The maximum absolute atomic E-state index is 12.7. The Morgan fingerprint density at radius 3 is 2.53 bits per heavy atom. The Kier molecular flexibility index (Phi) is 6.06.